The van der Waals surface area contributed by atoms with Crippen LogP contribution in [0.4, 0.5) is 5.69 Å². The van der Waals surface area contributed by atoms with Crippen LogP contribution in [-0.4, -0.2) is 36.5 Å². The van der Waals surface area contributed by atoms with Crippen LogP contribution in [0, 0.1) is 0 Å². The summed E-state index contributed by atoms with van der Waals surface area (Å²) < 4.78 is 9.86. The summed E-state index contributed by atoms with van der Waals surface area (Å²) in [4.78, 5) is 50.9. The van der Waals surface area contributed by atoms with E-state index in [2.05, 4.69) is 0 Å². The van der Waals surface area contributed by atoms with E-state index in [1.54, 1.807) is 38.1 Å². The second-order valence-electron chi connectivity index (χ2n) is 7.32. The lowest BCUT2D eigenvalue weighted by molar-refractivity contribution is -0.150. The van der Waals surface area contributed by atoms with Gasteiger partial charge in [-0.25, -0.2) is 14.5 Å². The quantitative estimate of drug-likeness (QED) is 0.464. The van der Waals surface area contributed by atoms with Crippen LogP contribution in [0.2, 0.25) is 0 Å². The van der Waals surface area contributed by atoms with Gasteiger partial charge in [-0.3, -0.25) is 9.59 Å². The zero-order chi connectivity index (χ0) is 22.1. The molecule has 1 aliphatic heterocycles. The Hall–Kier alpha value is -4.00. The van der Waals surface area contributed by atoms with Crippen molar-refractivity contribution in [3.05, 3.63) is 77.4 Å². The Morgan fingerprint density at radius 3 is 2.00 bits per heavy atom. The molecule has 0 radical (unpaired) electrons. The van der Waals surface area contributed by atoms with Gasteiger partial charge >= 0.3 is 11.9 Å². The van der Waals surface area contributed by atoms with Crippen LogP contribution >= 0.6 is 0 Å². The van der Waals surface area contributed by atoms with Gasteiger partial charge in [-0.1, -0.05) is 24.3 Å². The second kappa shape index (κ2) is 8.02. The number of carbonyl (C=O) groups is 4. The first kappa shape index (κ1) is 20.3. The van der Waals surface area contributed by atoms with Crippen molar-refractivity contribution in [1.82, 2.24) is 0 Å². The smallest absolute Gasteiger partial charge is 0.344 e. The third-order valence-corrected chi connectivity index (χ3v) is 4.82. The van der Waals surface area contributed by atoms with Crippen molar-refractivity contribution >= 4 is 40.2 Å². The predicted molar refractivity (Wildman–Crippen MR) is 113 cm³/mol. The van der Waals surface area contributed by atoms with Gasteiger partial charge in [-0.15, -0.1) is 0 Å². The van der Waals surface area contributed by atoms with Crippen molar-refractivity contribution in [1.29, 1.82) is 0 Å². The SMILES string of the molecule is CC(C)OC(=O)COC(=O)c1ccc(N2C(=O)c3cccc4cccc(c34)C2=O)cc1. The Bertz CT molecular complexity index is 1160. The fourth-order valence-electron chi connectivity index (χ4n) is 3.52. The molecule has 0 saturated heterocycles. The number of hydrogen-bond donors (Lipinski definition) is 0. The molecule has 1 heterocycles. The molecule has 1 aliphatic rings. The zero-order valence-corrected chi connectivity index (χ0v) is 17.0. The molecule has 0 spiro atoms. The highest BCUT2D eigenvalue weighted by atomic mass is 16.6. The first-order chi connectivity index (χ1) is 14.9. The molecule has 0 saturated carbocycles. The third kappa shape index (κ3) is 3.77. The van der Waals surface area contributed by atoms with Crippen molar-refractivity contribution in [2.75, 3.05) is 11.5 Å². The number of hydrogen-bond acceptors (Lipinski definition) is 6. The Kier molecular flexibility index (Phi) is 5.25. The van der Waals surface area contributed by atoms with Gasteiger partial charge in [0.1, 0.15) is 0 Å². The van der Waals surface area contributed by atoms with Crippen LogP contribution in [0.1, 0.15) is 44.9 Å². The molecule has 3 aromatic carbocycles. The molecule has 0 fully saturated rings. The van der Waals surface area contributed by atoms with Crippen LogP contribution < -0.4 is 4.90 Å². The maximum atomic E-state index is 13.1. The Morgan fingerprint density at radius 2 is 1.45 bits per heavy atom. The lowest BCUT2D eigenvalue weighted by Gasteiger charge is -2.27. The summed E-state index contributed by atoms with van der Waals surface area (Å²) in [6.45, 7) is 2.89. The minimum absolute atomic E-state index is 0.181. The molecule has 0 unspecified atom stereocenters. The lowest BCUT2D eigenvalue weighted by atomic mass is 9.94. The number of ether oxygens (including phenoxy) is 2. The van der Waals surface area contributed by atoms with Gasteiger partial charge in [0.2, 0.25) is 0 Å². The van der Waals surface area contributed by atoms with E-state index in [0.29, 0.717) is 22.2 Å². The average Bonchev–Trinajstić information content (AvgIpc) is 2.76. The second-order valence-corrected chi connectivity index (χ2v) is 7.32. The van der Waals surface area contributed by atoms with E-state index in [4.69, 9.17) is 9.47 Å². The molecular weight excluding hydrogens is 398 g/mol. The van der Waals surface area contributed by atoms with E-state index < -0.39 is 30.4 Å². The molecule has 0 atom stereocenters. The van der Waals surface area contributed by atoms with E-state index in [9.17, 15) is 19.2 Å². The normalized spacial score (nSPS) is 12.9. The number of esters is 2. The number of imide groups is 1. The van der Waals surface area contributed by atoms with Crippen molar-refractivity contribution in [3.8, 4) is 0 Å². The number of nitrogens with zero attached hydrogens (tertiary/aromatic N) is 1. The van der Waals surface area contributed by atoms with Crippen molar-refractivity contribution in [2.45, 2.75) is 20.0 Å². The summed E-state index contributed by atoms with van der Waals surface area (Å²) >= 11 is 0. The van der Waals surface area contributed by atoms with Gasteiger partial charge in [0, 0.05) is 16.5 Å². The Labute approximate surface area is 178 Å². The molecule has 4 rings (SSSR count). The first-order valence-corrected chi connectivity index (χ1v) is 9.74. The molecule has 7 nitrogen and oxygen atoms in total. The Balaban J connectivity index is 1.56. The van der Waals surface area contributed by atoms with Gasteiger partial charge in [0.15, 0.2) is 6.61 Å². The van der Waals surface area contributed by atoms with Crippen LogP contribution in [0.5, 0.6) is 0 Å². The lowest BCUT2D eigenvalue weighted by Crippen LogP contribution is -2.40. The topological polar surface area (TPSA) is 90.0 Å². The van der Waals surface area contributed by atoms with E-state index >= 15 is 0 Å². The summed E-state index contributed by atoms with van der Waals surface area (Å²) in [5.74, 6) is -2.21. The highest BCUT2D eigenvalue weighted by Gasteiger charge is 2.33. The van der Waals surface area contributed by atoms with E-state index in [0.717, 1.165) is 10.3 Å². The highest BCUT2D eigenvalue weighted by molar-refractivity contribution is 6.35. The average molecular weight is 417 g/mol. The summed E-state index contributed by atoms with van der Waals surface area (Å²) in [6, 6.07) is 16.5. The standard InChI is InChI=1S/C24H19NO6/c1-14(2)31-20(26)13-30-24(29)16-9-11-17(12-10-16)25-22(27)18-7-3-5-15-6-4-8-19(21(15)18)23(25)28/h3-12,14H,13H2,1-2H3. The van der Waals surface area contributed by atoms with Gasteiger partial charge < -0.3 is 9.47 Å². The fourth-order valence-corrected chi connectivity index (χ4v) is 3.52. The maximum absolute atomic E-state index is 13.1. The van der Waals surface area contributed by atoms with Gasteiger partial charge in [-0.05, 0) is 55.6 Å². The van der Waals surface area contributed by atoms with E-state index in [1.807, 2.05) is 12.1 Å². The van der Waals surface area contributed by atoms with E-state index in [-0.39, 0.29) is 11.7 Å². The van der Waals surface area contributed by atoms with E-state index in [1.165, 1.54) is 24.3 Å². The fraction of sp³-hybridized carbons (Fsp3) is 0.167. The summed E-state index contributed by atoms with van der Waals surface area (Å²) in [5, 5.41) is 1.47. The van der Waals surface area contributed by atoms with Crippen LogP contribution in [0.25, 0.3) is 10.8 Å². The third-order valence-electron chi connectivity index (χ3n) is 4.82. The largest absolute Gasteiger partial charge is 0.460 e. The number of carbonyl (C=O) groups excluding carboxylic acids is 4. The summed E-state index contributed by atoms with van der Waals surface area (Å²) in [7, 11) is 0. The molecule has 7 heteroatoms. The number of amides is 2. The zero-order valence-electron chi connectivity index (χ0n) is 17.0. The molecular formula is C24H19NO6. The minimum Gasteiger partial charge on any atom is -0.460 e. The van der Waals surface area contributed by atoms with Crippen molar-refractivity contribution < 1.29 is 28.7 Å². The van der Waals surface area contributed by atoms with Crippen molar-refractivity contribution in [3.63, 3.8) is 0 Å². The van der Waals surface area contributed by atoms with Crippen molar-refractivity contribution in [2.24, 2.45) is 0 Å². The van der Waals surface area contributed by atoms with Crippen LogP contribution in [0.15, 0.2) is 60.7 Å². The molecule has 0 bridgehead atoms. The summed E-state index contributed by atoms with van der Waals surface area (Å²) in [6.07, 6.45) is -0.305. The van der Waals surface area contributed by atoms with Gasteiger partial charge in [0.25, 0.3) is 11.8 Å². The summed E-state index contributed by atoms with van der Waals surface area (Å²) in [5.41, 5.74) is 1.40. The number of benzene rings is 3. The molecule has 0 aromatic heterocycles. The first-order valence-electron chi connectivity index (χ1n) is 9.74. The molecule has 0 aliphatic carbocycles. The predicted octanol–water partition coefficient (Wildman–Crippen LogP) is 3.75. The van der Waals surface area contributed by atoms with Crippen LogP contribution in [-0.2, 0) is 14.3 Å². The minimum atomic E-state index is -0.710. The number of rotatable bonds is 5. The Morgan fingerprint density at radius 1 is 0.871 bits per heavy atom. The maximum Gasteiger partial charge on any atom is 0.344 e. The highest BCUT2D eigenvalue weighted by Crippen LogP contribution is 2.32. The van der Waals surface area contributed by atoms with Crippen LogP contribution in [0.3, 0.4) is 0 Å². The number of anilines is 1. The molecule has 156 valence electrons. The molecule has 2 amide bonds. The van der Waals surface area contributed by atoms with Gasteiger partial charge in [-0.2, -0.15) is 0 Å². The molecule has 31 heavy (non-hydrogen) atoms. The molecule has 3 aromatic rings. The monoisotopic (exact) mass is 417 g/mol. The van der Waals surface area contributed by atoms with Gasteiger partial charge in [0.05, 0.1) is 17.4 Å². The molecule has 0 N–H and O–H groups in total.